The van der Waals surface area contributed by atoms with E-state index in [9.17, 15) is 27.2 Å². The third kappa shape index (κ3) is 2.40. The molecule has 9 heteroatoms. The van der Waals surface area contributed by atoms with E-state index in [1.807, 2.05) is 0 Å². The van der Waals surface area contributed by atoms with Gasteiger partial charge in [0, 0.05) is 6.42 Å². The molecule has 0 aromatic carbocycles. The quantitative estimate of drug-likeness (QED) is 0.710. The maximum absolute atomic E-state index is 13.0. The Labute approximate surface area is 99.0 Å². The molecule has 0 saturated carbocycles. The Kier molecular flexibility index (Phi) is 3.57. The van der Waals surface area contributed by atoms with E-state index in [-0.39, 0.29) is 11.8 Å². The van der Waals surface area contributed by atoms with Gasteiger partial charge >= 0.3 is 12.1 Å². The van der Waals surface area contributed by atoms with Gasteiger partial charge in [-0.15, -0.1) is 0 Å². The molecule has 0 aliphatic carbocycles. The Morgan fingerprint density at radius 3 is 2.22 bits per heavy atom. The summed E-state index contributed by atoms with van der Waals surface area (Å²) in [5.41, 5.74) is -3.73. The standard InChI is InChI=1S/C9H11F4NO4/c1-8(18,9(11,12)13)7(17)14-3-4(10)2-5(14)6(15)16/h4-5,18H,2-3H2,1H3,(H,15,16)/t4-,5+,8-/m1/s1. The van der Waals surface area contributed by atoms with E-state index in [2.05, 4.69) is 0 Å². The number of hydrogen-bond donors (Lipinski definition) is 2. The van der Waals surface area contributed by atoms with Crippen molar-refractivity contribution in [3.63, 3.8) is 0 Å². The fraction of sp³-hybridized carbons (Fsp3) is 0.778. The molecule has 1 rings (SSSR count). The van der Waals surface area contributed by atoms with E-state index in [0.717, 1.165) is 0 Å². The largest absolute Gasteiger partial charge is 0.480 e. The summed E-state index contributed by atoms with van der Waals surface area (Å²) < 4.78 is 50.3. The summed E-state index contributed by atoms with van der Waals surface area (Å²) in [4.78, 5) is 22.4. The van der Waals surface area contributed by atoms with Gasteiger partial charge in [-0.05, 0) is 6.92 Å². The average Bonchev–Trinajstić information content (AvgIpc) is 2.57. The molecule has 1 aliphatic rings. The number of carbonyl (C=O) groups excluding carboxylic acids is 1. The van der Waals surface area contributed by atoms with Crippen molar-refractivity contribution in [2.45, 2.75) is 37.3 Å². The average molecular weight is 273 g/mol. The number of carboxylic acid groups (broad SMARTS) is 1. The number of nitrogens with zero attached hydrogens (tertiary/aromatic N) is 1. The van der Waals surface area contributed by atoms with E-state index in [4.69, 9.17) is 10.2 Å². The molecule has 1 aliphatic heterocycles. The number of likely N-dealkylation sites (tertiary alicyclic amines) is 1. The number of carbonyl (C=O) groups is 2. The Morgan fingerprint density at radius 2 is 1.83 bits per heavy atom. The van der Waals surface area contributed by atoms with Crippen LogP contribution in [0, 0.1) is 0 Å². The Morgan fingerprint density at radius 1 is 1.33 bits per heavy atom. The summed E-state index contributed by atoms with van der Waals surface area (Å²) in [6.07, 6.45) is -7.57. The minimum Gasteiger partial charge on any atom is -0.480 e. The van der Waals surface area contributed by atoms with Crippen molar-refractivity contribution in [1.29, 1.82) is 0 Å². The van der Waals surface area contributed by atoms with Crippen molar-refractivity contribution in [2.24, 2.45) is 0 Å². The normalized spacial score (nSPS) is 28.0. The van der Waals surface area contributed by atoms with Crippen molar-refractivity contribution >= 4 is 11.9 Å². The van der Waals surface area contributed by atoms with Gasteiger partial charge in [0.05, 0.1) is 6.54 Å². The highest BCUT2D eigenvalue weighted by Crippen LogP contribution is 2.34. The summed E-state index contributed by atoms with van der Waals surface area (Å²) in [6.45, 7) is -0.568. The molecule has 0 radical (unpaired) electrons. The van der Waals surface area contributed by atoms with Crippen LogP contribution < -0.4 is 0 Å². The number of rotatable bonds is 2. The van der Waals surface area contributed by atoms with Crippen molar-refractivity contribution in [2.75, 3.05) is 6.54 Å². The van der Waals surface area contributed by atoms with Crippen molar-refractivity contribution < 1.29 is 37.4 Å². The Hall–Kier alpha value is -1.38. The zero-order chi connectivity index (χ0) is 14.3. The van der Waals surface area contributed by atoms with Gasteiger partial charge in [-0.2, -0.15) is 13.2 Å². The number of carboxylic acids is 1. The molecule has 1 saturated heterocycles. The fourth-order valence-electron chi connectivity index (χ4n) is 1.64. The topological polar surface area (TPSA) is 77.8 Å². The van der Waals surface area contributed by atoms with Crippen LogP contribution in [0.3, 0.4) is 0 Å². The number of halogens is 4. The third-order valence-electron chi connectivity index (χ3n) is 2.76. The maximum atomic E-state index is 13.0. The maximum Gasteiger partial charge on any atom is 0.426 e. The second-order valence-electron chi connectivity index (χ2n) is 4.21. The highest BCUT2D eigenvalue weighted by Gasteiger charge is 2.59. The molecule has 1 heterocycles. The first-order valence-corrected chi connectivity index (χ1v) is 4.95. The van der Waals surface area contributed by atoms with Crippen molar-refractivity contribution in [1.82, 2.24) is 4.90 Å². The molecule has 0 aromatic rings. The summed E-state index contributed by atoms with van der Waals surface area (Å²) in [6, 6.07) is -1.69. The van der Waals surface area contributed by atoms with Crippen molar-refractivity contribution in [3.05, 3.63) is 0 Å². The van der Waals surface area contributed by atoms with Gasteiger partial charge in [-0.1, -0.05) is 0 Å². The van der Waals surface area contributed by atoms with E-state index >= 15 is 0 Å². The zero-order valence-electron chi connectivity index (χ0n) is 9.24. The second kappa shape index (κ2) is 4.38. The van der Waals surface area contributed by atoms with Crippen LogP contribution in [-0.4, -0.2) is 57.5 Å². The van der Waals surface area contributed by atoms with Crippen LogP contribution in [0.2, 0.25) is 0 Å². The van der Waals surface area contributed by atoms with Gasteiger partial charge in [-0.25, -0.2) is 9.18 Å². The van der Waals surface area contributed by atoms with Gasteiger partial charge in [0.1, 0.15) is 12.2 Å². The highest BCUT2D eigenvalue weighted by molar-refractivity contribution is 5.90. The van der Waals surface area contributed by atoms with Gasteiger partial charge in [0.15, 0.2) is 0 Å². The van der Waals surface area contributed by atoms with E-state index in [1.54, 1.807) is 0 Å². The lowest BCUT2D eigenvalue weighted by molar-refractivity contribution is -0.250. The number of aliphatic hydroxyl groups is 1. The SMILES string of the molecule is C[C@@](O)(C(=O)N1C[C@H](F)C[C@H]1C(=O)O)C(F)(F)F. The highest BCUT2D eigenvalue weighted by atomic mass is 19.4. The smallest absolute Gasteiger partial charge is 0.426 e. The molecule has 0 unspecified atom stereocenters. The number of aliphatic carboxylic acids is 1. The lowest BCUT2D eigenvalue weighted by atomic mass is 10.0. The van der Waals surface area contributed by atoms with Crippen LogP contribution in [-0.2, 0) is 9.59 Å². The first kappa shape index (κ1) is 14.7. The van der Waals surface area contributed by atoms with Crippen molar-refractivity contribution in [3.8, 4) is 0 Å². The molecule has 2 N–H and O–H groups in total. The summed E-state index contributed by atoms with van der Waals surface area (Å²) in [7, 11) is 0. The lowest BCUT2D eigenvalue weighted by Gasteiger charge is -2.31. The minimum atomic E-state index is -5.26. The molecule has 1 fully saturated rings. The summed E-state index contributed by atoms with van der Waals surface area (Å²) >= 11 is 0. The van der Waals surface area contributed by atoms with Crippen LogP contribution in [0.1, 0.15) is 13.3 Å². The second-order valence-corrected chi connectivity index (χ2v) is 4.21. The number of hydrogen-bond acceptors (Lipinski definition) is 3. The molecule has 0 aromatic heterocycles. The molecular weight excluding hydrogens is 262 g/mol. The zero-order valence-corrected chi connectivity index (χ0v) is 9.24. The summed E-state index contributed by atoms with van der Waals surface area (Å²) in [5, 5.41) is 17.8. The number of alkyl halides is 4. The van der Waals surface area contributed by atoms with Crippen LogP contribution >= 0.6 is 0 Å². The first-order chi connectivity index (χ1) is 7.98. The molecule has 5 nitrogen and oxygen atoms in total. The lowest BCUT2D eigenvalue weighted by Crippen LogP contribution is -2.58. The monoisotopic (exact) mass is 273 g/mol. The predicted molar refractivity (Wildman–Crippen MR) is 49.3 cm³/mol. The third-order valence-corrected chi connectivity index (χ3v) is 2.76. The van der Waals surface area contributed by atoms with E-state index in [0.29, 0.717) is 0 Å². The van der Waals surface area contributed by atoms with Gasteiger partial charge in [0.25, 0.3) is 5.91 Å². The molecule has 0 spiro atoms. The van der Waals surface area contributed by atoms with Gasteiger partial charge in [0.2, 0.25) is 5.60 Å². The van der Waals surface area contributed by atoms with E-state index in [1.165, 1.54) is 0 Å². The van der Waals surface area contributed by atoms with E-state index < -0.39 is 48.8 Å². The Balaban J connectivity index is 3.00. The molecule has 3 atom stereocenters. The predicted octanol–water partition coefficient (Wildman–Crippen LogP) is 0.323. The minimum absolute atomic E-state index is 0.208. The van der Waals surface area contributed by atoms with Gasteiger partial charge < -0.3 is 15.1 Å². The first-order valence-electron chi connectivity index (χ1n) is 4.95. The summed E-state index contributed by atoms with van der Waals surface area (Å²) in [5.74, 6) is -3.47. The Bertz CT molecular complexity index is 368. The molecule has 104 valence electrons. The number of amides is 1. The van der Waals surface area contributed by atoms with Crippen LogP contribution in [0.5, 0.6) is 0 Å². The fourth-order valence-corrected chi connectivity index (χ4v) is 1.64. The molecule has 18 heavy (non-hydrogen) atoms. The van der Waals surface area contributed by atoms with Gasteiger partial charge in [-0.3, -0.25) is 4.79 Å². The molecule has 1 amide bonds. The van der Waals surface area contributed by atoms with Crippen LogP contribution in [0.25, 0.3) is 0 Å². The molecular formula is C9H11F4NO4. The van der Waals surface area contributed by atoms with Crippen LogP contribution in [0.4, 0.5) is 17.6 Å². The molecule has 0 bridgehead atoms. The van der Waals surface area contributed by atoms with Crippen LogP contribution in [0.15, 0.2) is 0 Å².